The van der Waals surface area contributed by atoms with Gasteiger partial charge in [0.15, 0.2) is 0 Å². The molecule has 0 unspecified atom stereocenters. The standard InChI is InChI=1S/C15H18ClNO3/c16-13-11-12(4-6-15(18)19)3-5-14(13)20-10-9-17-7-1-2-8-17/h3-6,11H,1-2,7-10H2,(H,18,19). The van der Waals surface area contributed by atoms with E-state index in [-0.39, 0.29) is 0 Å². The molecule has 0 aliphatic carbocycles. The van der Waals surface area contributed by atoms with E-state index in [0.717, 1.165) is 31.3 Å². The summed E-state index contributed by atoms with van der Waals surface area (Å²) >= 11 is 6.12. The van der Waals surface area contributed by atoms with Gasteiger partial charge < -0.3 is 9.84 Å². The van der Waals surface area contributed by atoms with Crippen LogP contribution in [0.5, 0.6) is 5.75 Å². The maximum absolute atomic E-state index is 10.4. The van der Waals surface area contributed by atoms with Crippen LogP contribution in [0.25, 0.3) is 6.08 Å². The van der Waals surface area contributed by atoms with Crippen molar-refractivity contribution in [2.45, 2.75) is 12.8 Å². The molecule has 0 spiro atoms. The summed E-state index contributed by atoms with van der Waals surface area (Å²) in [6.07, 6.45) is 5.12. The predicted octanol–water partition coefficient (Wildman–Crippen LogP) is 2.91. The molecule has 1 aliphatic rings. The molecule has 0 atom stereocenters. The zero-order valence-electron chi connectivity index (χ0n) is 11.2. The molecule has 4 nitrogen and oxygen atoms in total. The first-order valence-electron chi connectivity index (χ1n) is 6.71. The minimum Gasteiger partial charge on any atom is -0.491 e. The van der Waals surface area contributed by atoms with E-state index in [1.165, 1.54) is 18.9 Å². The molecule has 0 saturated carbocycles. The van der Waals surface area contributed by atoms with Crippen molar-refractivity contribution in [2.24, 2.45) is 0 Å². The van der Waals surface area contributed by atoms with Crippen LogP contribution in [-0.4, -0.2) is 42.2 Å². The van der Waals surface area contributed by atoms with Crippen molar-refractivity contribution in [2.75, 3.05) is 26.2 Å². The van der Waals surface area contributed by atoms with Gasteiger partial charge in [-0.05, 0) is 49.7 Å². The number of ether oxygens (including phenoxy) is 1. The second-order valence-electron chi connectivity index (χ2n) is 4.76. The Kier molecular flexibility index (Phi) is 5.44. The lowest BCUT2D eigenvalue weighted by molar-refractivity contribution is -0.131. The van der Waals surface area contributed by atoms with Crippen LogP contribution in [0, 0.1) is 0 Å². The molecule has 1 aromatic rings. The second-order valence-corrected chi connectivity index (χ2v) is 5.17. The molecule has 1 saturated heterocycles. The third-order valence-corrected chi connectivity index (χ3v) is 3.53. The zero-order chi connectivity index (χ0) is 14.4. The summed E-state index contributed by atoms with van der Waals surface area (Å²) in [4.78, 5) is 12.8. The Bertz CT molecular complexity index is 496. The van der Waals surface area contributed by atoms with Crippen molar-refractivity contribution in [1.82, 2.24) is 4.90 Å². The maximum atomic E-state index is 10.4. The van der Waals surface area contributed by atoms with Crippen molar-refractivity contribution in [3.8, 4) is 5.75 Å². The Balaban J connectivity index is 1.86. The summed E-state index contributed by atoms with van der Waals surface area (Å²) in [5.41, 5.74) is 0.740. The number of hydrogen-bond acceptors (Lipinski definition) is 3. The first kappa shape index (κ1) is 14.9. The predicted molar refractivity (Wildman–Crippen MR) is 79.3 cm³/mol. The quantitative estimate of drug-likeness (QED) is 0.820. The van der Waals surface area contributed by atoms with Crippen molar-refractivity contribution in [3.05, 3.63) is 34.9 Å². The summed E-state index contributed by atoms with van der Waals surface area (Å²) in [6.45, 7) is 3.83. The van der Waals surface area contributed by atoms with Gasteiger partial charge in [0.05, 0.1) is 5.02 Å². The van der Waals surface area contributed by atoms with E-state index >= 15 is 0 Å². The Hall–Kier alpha value is -1.52. The van der Waals surface area contributed by atoms with Gasteiger partial charge in [0.2, 0.25) is 0 Å². The van der Waals surface area contributed by atoms with E-state index in [2.05, 4.69) is 4.90 Å². The summed E-state index contributed by atoms with van der Waals surface area (Å²) in [5, 5.41) is 9.07. The van der Waals surface area contributed by atoms with Crippen molar-refractivity contribution < 1.29 is 14.6 Å². The monoisotopic (exact) mass is 295 g/mol. The van der Waals surface area contributed by atoms with Gasteiger partial charge in [-0.15, -0.1) is 0 Å². The number of rotatable bonds is 6. The van der Waals surface area contributed by atoms with E-state index in [4.69, 9.17) is 21.4 Å². The van der Waals surface area contributed by atoms with E-state index < -0.39 is 5.97 Å². The molecule has 1 aromatic carbocycles. The number of aliphatic carboxylic acids is 1. The highest BCUT2D eigenvalue weighted by molar-refractivity contribution is 6.32. The van der Waals surface area contributed by atoms with Gasteiger partial charge in [-0.1, -0.05) is 17.7 Å². The number of carboxylic acids is 1. The van der Waals surface area contributed by atoms with Gasteiger partial charge in [0, 0.05) is 12.6 Å². The molecule has 1 aliphatic heterocycles. The number of carboxylic acid groups (broad SMARTS) is 1. The van der Waals surface area contributed by atoms with Crippen LogP contribution in [0.1, 0.15) is 18.4 Å². The van der Waals surface area contributed by atoms with E-state index in [9.17, 15) is 4.79 Å². The molecule has 2 rings (SSSR count). The van der Waals surface area contributed by atoms with Gasteiger partial charge in [-0.3, -0.25) is 4.90 Å². The molecular weight excluding hydrogens is 278 g/mol. The molecule has 1 N–H and O–H groups in total. The van der Waals surface area contributed by atoms with Gasteiger partial charge in [0.25, 0.3) is 0 Å². The Labute approximate surface area is 123 Å². The fourth-order valence-corrected chi connectivity index (χ4v) is 2.44. The summed E-state index contributed by atoms with van der Waals surface area (Å²) in [6, 6.07) is 5.26. The lowest BCUT2D eigenvalue weighted by atomic mass is 10.2. The minimum atomic E-state index is -0.980. The van der Waals surface area contributed by atoms with Gasteiger partial charge >= 0.3 is 5.97 Å². The first-order chi connectivity index (χ1) is 9.65. The third-order valence-electron chi connectivity index (χ3n) is 3.24. The van der Waals surface area contributed by atoms with Gasteiger partial charge in [-0.2, -0.15) is 0 Å². The molecule has 1 heterocycles. The Morgan fingerprint density at radius 3 is 2.80 bits per heavy atom. The molecule has 0 aromatic heterocycles. The molecular formula is C15H18ClNO3. The average molecular weight is 296 g/mol. The smallest absolute Gasteiger partial charge is 0.328 e. The summed E-state index contributed by atoms with van der Waals surface area (Å²) in [7, 11) is 0. The van der Waals surface area contributed by atoms with Gasteiger partial charge in [0.1, 0.15) is 12.4 Å². The lowest BCUT2D eigenvalue weighted by Crippen LogP contribution is -2.25. The SMILES string of the molecule is O=C(O)C=Cc1ccc(OCCN2CCCC2)c(Cl)c1. The van der Waals surface area contributed by atoms with E-state index in [1.54, 1.807) is 18.2 Å². The van der Waals surface area contributed by atoms with Crippen LogP contribution >= 0.6 is 11.6 Å². The van der Waals surface area contributed by atoms with Crippen LogP contribution in [0.3, 0.4) is 0 Å². The minimum absolute atomic E-state index is 0.499. The normalized spacial score (nSPS) is 15.8. The number of likely N-dealkylation sites (tertiary alicyclic amines) is 1. The fraction of sp³-hybridized carbons (Fsp3) is 0.400. The second kappa shape index (κ2) is 7.31. The van der Waals surface area contributed by atoms with Crippen LogP contribution < -0.4 is 4.74 Å². The topological polar surface area (TPSA) is 49.8 Å². The van der Waals surface area contributed by atoms with Crippen molar-refractivity contribution in [1.29, 1.82) is 0 Å². The van der Waals surface area contributed by atoms with Crippen LogP contribution in [0.2, 0.25) is 5.02 Å². The number of carbonyl (C=O) groups is 1. The highest BCUT2D eigenvalue weighted by atomic mass is 35.5. The van der Waals surface area contributed by atoms with Crippen LogP contribution in [0.15, 0.2) is 24.3 Å². The highest BCUT2D eigenvalue weighted by Gasteiger charge is 2.11. The zero-order valence-corrected chi connectivity index (χ0v) is 12.0. The number of benzene rings is 1. The molecule has 1 fully saturated rings. The third kappa shape index (κ3) is 4.54. The molecule has 20 heavy (non-hydrogen) atoms. The first-order valence-corrected chi connectivity index (χ1v) is 7.08. The number of hydrogen-bond donors (Lipinski definition) is 1. The molecule has 5 heteroatoms. The van der Waals surface area contributed by atoms with Crippen molar-refractivity contribution in [3.63, 3.8) is 0 Å². The average Bonchev–Trinajstić information content (AvgIpc) is 2.92. The summed E-state index contributed by atoms with van der Waals surface area (Å²) in [5.74, 6) is -0.342. The number of nitrogens with zero attached hydrogens (tertiary/aromatic N) is 1. The highest BCUT2D eigenvalue weighted by Crippen LogP contribution is 2.26. The molecule has 0 bridgehead atoms. The summed E-state index contributed by atoms with van der Waals surface area (Å²) < 4.78 is 5.67. The van der Waals surface area contributed by atoms with Crippen molar-refractivity contribution >= 4 is 23.6 Å². The molecule has 0 radical (unpaired) electrons. The fourth-order valence-electron chi connectivity index (χ4n) is 2.20. The number of halogens is 1. The van der Waals surface area contributed by atoms with Crippen LogP contribution in [0.4, 0.5) is 0 Å². The van der Waals surface area contributed by atoms with Gasteiger partial charge in [-0.25, -0.2) is 4.79 Å². The lowest BCUT2D eigenvalue weighted by Gasteiger charge is -2.15. The maximum Gasteiger partial charge on any atom is 0.328 e. The van der Waals surface area contributed by atoms with Crippen LogP contribution in [-0.2, 0) is 4.79 Å². The van der Waals surface area contributed by atoms with E-state index in [0.29, 0.717) is 17.4 Å². The molecule has 0 amide bonds. The Morgan fingerprint density at radius 2 is 2.15 bits per heavy atom. The molecule has 108 valence electrons. The largest absolute Gasteiger partial charge is 0.491 e. The Morgan fingerprint density at radius 1 is 1.40 bits per heavy atom. The van der Waals surface area contributed by atoms with E-state index in [1.807, 2.05) is 0 Å².